The Hall–Kier alpha value is -2.52. The molecule has 0 aliphatic heterocycles. The monoisotopic (exact) mass is 402 g/mol. The van der Waals surface area contributed by atoms with E-state index in [-0.39, 0.29) is 10.0 Å². The minimum Gasteiger partial charge on any atom is -0.465 e. The Morgan fingerprint density at radius 2 is 2.11 bits per heavy atom. The molecule has 1 aromatic carbocycles. The van der Waals surface area contributed by atoms with Gasteiger partial charge in [-0.1, -0.05) is 17.7 Å². The number of nitrogen functional groups attached to an aromatic ring is 1. The molecule has 2 heterocycles. The predicted octanol–water partition coefficient (Wildman–Crippen LogP) is 2.10. The Kier molecular flexibility index (Phi) is 3.97. The third kappa shape index (κ3) is 2.31. The SMILES string of the molecule is COC(=O)c1sc2c(N)ccc3c2c1C(N)C(=O)C3(N)c1ccnc(Cl)c1. The topological polar surface area (TPSA) is 134 Å². The lowest BCUT2D eigenvalue weighted by atomic mass is 9.71. The van der Waals surface area contributed by atoms with Crippen molar-refractivity contribution < 1.29 is 14.3 Å². The van der Waals surface area contributed by atoms with Crippen molar-refractivity contribution in [2.45, 2.75) is 11.6 Å². The lowest BCUT2D eigenvalue weighted by Gasteiger charge is -2.36. The van der Waals surface area contributed by atoms with Crippen LogP contribution in [0.1, 0.15) is 32.4 Å². The van der Waals surface area contributed by atoms with Crippen LogP contribution in [0.5, 0.6) is 0 Å². The first-order valence-corrected chi connectivity index (χ1v) is 9.14. The van der Waals surface area contributed by atoms with Crippen molar-refractivity contribution in [2.24, 2.45) is 11.5 Å². The van der Waals surface area contributed by atoms with Crippen LogP contribution in [0.4, 0.5) is 5.69 Å². The number of esters is 1. The average molecular weight is 403 g/mol. The second-order valence-corrected chi connectivity index (χ2v) is 7.67. The van der Waals surface area contributed by atoms with Crippen LogP contribution < -0.4 is 17.2 Å². The Balaban J connectivity index is 2.14. The van der Waals surface area contributed by atoms with E-state index in [1.165, 1.54) is 19.4 Å². The molecule has 0 amide bonds. The number of hydrogen-bond acceptors (Lipinski definition) is 8. The fourth-order valence-electron chi connectivity index (χ4n) is 3.57. The molecule has 27 heavy (non-hydrogen) atoms. The van der Waals surface area contributed by atoms with Gasteiger partial charge >= 0.3 is 5.97 Å². The first-order chi connectivity index (χ1) is 12.8. The van der Waals surface area contributed by atoms with Crippen molar-refractivity contribution in [2.75, 3.05) is 12.8 Å². The van der Waals surface area contributed by atoms with Crippen molar-refractivity contribution in [3.8, 4) is 0 Å². The number of nitrogens with two attached hydrogens (primary N) is 3. The third-order valence-electron chi connectivity index (χ3n) is 4.87. The van der Waals surface area contributed by atoms with Gasteiger partial charge in [0.05, 0.1) is 17.9 Å². The summed E-state index contributed by atoms with van der Waals surface area (Å²) in [5, 5.41) is 0.819. The number of halogens is 1. The fraction of sp³-hybridized carbons (Fsp3) is 0.167. The van der Waals surface area contributed by atoms with Crippen LogP contribution in [0.2, 0.25) is 5.15 Å². The highest BCUT2D eigenvalue weighted by molar-refractivity contribution is 7.21. The molecule has 0 saturated carbocycles. The molecule has 0 saturated heterocycles. The van der Waals surface area contributed by atoms with Gasteiger partial charge in [-0.25, -0.2) is 9.78 Å². The lowest BCUT2D eigenvalue weighted by Crippen LogP contribution is -2.52. The standard InChI is InChI=1S/C18H15ClN4O3S/c1-26-17(25)15-12-11-8(2-3-9(20)14(11)27-15)18(22,16(24)13(12)21)7-4-5-23-10(19)6-7/h2-6,13H,20-22H2,1H3. The van der Waals surface area contributed by atoms with E-state index in [0.717, 1.165) is 11.3 Å². The molecule has 138 valence electrons. The van der Waals surface area contributed by atoms with E-state index in [9.17, 15) is 9.59 Å². The molecule has 0 spiro atoms. The van der Waals surface area contributed by atoms with Gasteiger partial charge in [0.25, 0.3) is 0 Å². The lowest BCUT2D eigenvalue weighted by molar-refractivity contribution is -0.124. The molecule has 1 aliphatic rings. The molecule has 7 nitrogen and oxygen atoms in total. The molecule has 6 N–H and O–H groups in total. The van der Waals surface area contributed by atoms with Gasteiger partial charge in [0.2, 0.25) is 0 Å². The van der Waals surface area contributed by atoms with Crippen molar-refractivity contribution >= 4 is 50.5 Å². The Morgan fingerprint density at radius 3 is 2.78 bits per heavy atom. The molecule has 2 aromatic heterocycles. The highest BCUT2D eigenvalue weighted by Crippen LogP contribution is 2.49. The van der Waals surface area contributed by atoms with Gasteiger partial charge in [-0.2, -0.15) is 0 Å². The number of Topliss-reactive ketones (excluding diaryl/α,β-unsaturated/α-hetero) is 1. The summed E-state index contributed by atoms with van der Waals surface area (Å²) >= 11 is 7.16. The average Bonchev–Trinajstić information content (AvgIpc) is 3.06. The smallest absolute Gasteiger partial charge is 0.348 e. The minimum atomic E-state index is -1.54. The molecule has 0 radical (unpaired) electrons. The minimum absolute atomic E-state index is 0.205. The van der Waals surface area contributed by atoms with E-state index in [1.54, 1.807) is 18.2 Å². The zero-order chi connectivity index (χ0) is 19.5. The quantitative estimate of drug-likeness (QED) is 0.339. The van der Waals surface area contributed by atoms with E-state index in [0.29, 0.717) is 32.5 Å². The predicted molar refractivity (Wildman–Crippen MR) is 104 cm³/mol. The number of thiophene rings is 1. The van der Waals surface area contributed by atoms with Crippen LogP contribution in [0.3, 0.4) is 0 Å². The molecule has 4 rings (SSSR count). The number of methoxy groups -OCH3 is 1. The van der Waals surface area contributed by atoms with Crippen LogP contribution in [0.15, 0.2) is 30.5 Å². The van der Waals surface area contributed by atoms with Crippen molar-refractivity contribution in [1.82, 2.24) is 4.98 Å². The van der Waals surface area contributed by atoms with Gasteiger partial charge in [-0.3, -0.25) is 4.79 Å². The van der Waals surface area contributed by atoms with Crippen molar-refractivity contribution in [1.29, 1.82) is 0 Å². The number of rotatable bonds is 2. The van der Waals surface area contributed by atoms with E-state index < -0.39 is 23.3 Å². The third-order valence-corrected chi connectivity index (χ3v) is 6.31. The van der Waals surface area contributed by atoms with Crippen LogP contribution in [0.25, 0.3) is 10.1 Å². The molecular weight excluding hydrogens is 388 g/mol. The van der Waals surface area contributed by atoms with Gasteiger partial charge in [0.1, 0.15) is 15.6 Å². The zero-order valence-electron chi connectivity index (χ0n) is 14.2. The Labute approximate surface area is 163 Å². The maximum absolute atomic E-state index is 13.3. The number of benzene rings is 1. The second-order valence-electron chi connectivity index (χ2n) is 6.26. The molecule has 1 aliphatic carbocycles. The maximum Gasteiger partial charge on any atom is 0.348 e. The van der Waals surface area contributed by atoms with E-state index in [2.05, 4.69) is 4.98 Å². The van der Waals surface area contributed by atoms with Gasteiger partial charge < -0.3 is 21.9 Å². The van der Waals surface area contributed by atoms with Crippen LogP contribution in [-0.2, 0) is 15.1 Å². The number of pyridine rings is 1. The summed E-state index contributed by atoms with van der Waals surface area (Å²) in [5.74, 6) is -1.02. The summed E-state index contributed by atoms with van der Waals surface area (Å²) in [4.78, 5) is 29.8. The van der Waals surface area contributed by atoms with Crippen LogP contribution in [-0.4, -0.2) is 23.8 Å². The number of ketones is 1. The second kappa shape index (κ2) is 6.00. The molecule has 0 bridgehead atoms. The highest BCUT2D eigenvalue weighted by Gasteiger charge is 2.49. The number of aromatic nitrogens is 1. The molecule has 2 atom stereocenters. The van der Waals surface area contributed by atoms with Crippen molar-refractivity contribution in [3.63, 3.8) is 0 Å². The molecule has 0 fully saturated rings. The number of carbonyl (C=O) groups excluding carboxylic acids is 2. The Bertz CT molecular complexity index is 1130. The maximum atomic E-state index is 13.3. The first-order valence-electron chi connectivity index (χ1n) is 7.95. The summed E-state index contributed by atoms with van der Waals surface area (Å²) in [6, 6.07) is 5.39. The first kappa shape index (κ1) is 17.9. The van der Waals surface area contributed by atoms with E-state index >= 15 is 0 Å². The number of anilines is 1. The van der Waals surface area contributed by atoms with Gasteiger partial charge in [0, 0.05) is 22.8 Å². The Morgan fingerprint density at radius 1 is 1.37 bits per heavy atom. The van der Waals surface area contributed by atoms with Crippen LogP contribution in [0, 0.1) is 0 Å². The number of ether oxygens (including phenoxy) is 1. The summed E-state index contributed by atoms with van der Waals surface area (Å²) in [6.07, 6.45) is 1.47. The molecule has 9 heteroatoms. The summed E-state index contributed by atoms with van der Waals surface area (Å²) < 4.78 is 5.49. The number of hydrogen-bond donors (Lipinski definition) is 3. The molecular formula is C18H15ClN4O3S. The van der Waals surface area contributed by atoms with Gasteiger partial charge in [-0.05, 0) is 29.3 Å². The highest BCUT2D eigenvalue weighted by atomic mass is 35.5. The largest absolute Gasteiger partial charge is 0.465 e. The summed E-state index contributed by atoms with van der Waals surface area (Å²) in [7, 11) is 1.27. The number of nitrogens with zero attached hydrogens (tertiary/aromatic N) is 1. The molecule has 2 unspecified atom stereocenters. The van der Waals surface area contributed by atoms with Crippen molar-refractivity contribution in [3.05, 3.63) is 57.2 Å². The summed E-state index contributed by atoms with van der Waals surface area (Å²) in [6.45, 7) is 0. The van der Waals surface area contributed by atoms with E-state index in [4.69, 9.17) is 33.5 Å². The van der Waals surface area contributed by atoms with Crippen LogP contribution >= 0.6 is 22.9 Å². The van der Waals surface area contributed by atoms with Gasteiger partial charge in [0.15, 0.2) is 5.78 Å². The number of carbonyl (C=O) groups is 2. The molecule has 3 aromatic rings. The normalized spacial score (nSPS) is 21.5. The summed E-state index contributed by atoms with van der Waals surface area (Å²) in [5.41, 5.74) is 19.3. The fourth-order valence-corrected chi connectivity index (χ4v) is 4.96. The van der Waals surface area contributed by atoms with E-state index in [1.807, 2.05) is 0 Å². The zero-order valence-corrected chi connectivity index (χ0v) is 15.7. The van der Waals surface area contributed by atoms with Gasteiger partial charge in [-0.15, -0.1) is 11.3 Å².